The molecule has 3 heterocycles. The summed E-state index contributed by atoms with van der Waals surface area (Å²) >= 11 is 0. The molecule has 0 aromatic carbocycles. The fourth-order valence-electron chi connectivity index (χ4n) is 2.49. The minimum atomic E-state index is -3.22. The summed E-state index contributed by atoms with van der Waals surface area (Å²) in [6.07, 6.45) is 1.97. The molecule has 0 spiro atoms. The summed E-state index contributed by atoms with van der Waals surface area (Å²) in [4.78, 5) is 8.70. The van der Waals surface area contributed by atoms with Gasteiger partial charge in [-0.2, -0.15) is 4.31 Å². The lowest BCUT2D eigenvalue weighted by Crippen LogP contribution is -2.44. The van der Waals surface area contributed by atoms with Crippen LogP contribution in [0.4, 0.5) is 5.82 Å². The van der Waals surface area contributed by atoms with E-state index in [2.05, 4.69) is 30.2 Å². The lowest BCUT2D eigenvalue weighted by molar-refractivity contribution is 0.199. The highest BCUT2D eigenvalue weighted by Gasteiger charge is 2.37. The maximum Gasteiger partial charge on any atom is 0.211 e. The number of anilines is 1. The zero-order valence-electron chi connectivity index (χ0n) is 13.1. The maximum atomic E-state index is 11.7. The highest BCUT2D eigenvalue weighted by molar-refractivity contribution is 7.88. The minimum Gasteiger partial charge on any atom is -0.364 e. The summed E-state index contributed by atoms with van der Waals surface area (Å²) < 4.78 is 29.6. The van der Waals surface area contributed by atoms with Crippen LogP contribution in [0.5, 0.6) is 0 Å². The van der Waals surface area contributed by atoms with E-state index in [9.17, 15) is 8.42 Å². The number of hydrogen-bond acceptors (Lipinski definition) is 8. The van der Waals surface area contributed by atoms with Crippen molar-refractivity contribution in [2.75, 3.05) is 18.1 Å². The van der Waals surface area contributed by atoms with Crippen LogP contribution in [0.15, 0.2) is 10.7 Å². The molecular formula is C13H18N6O3S. The van der Waals surface area contributed by atoms with Crippen LogP contribution in [0.2, 0.25) is 0 Å². The second-order valence-corrected chi connectivity index (χ2v) is 7.49. The van der Waals surface area contributed by atoms with Crippen molar-refractivity contribution in [1.29, 1.82) is 0 Å². The molecule has 0 amide bonds. The first-order valence-corrected chi connectivity index (χ1v) is 9.04. The number of aromatic nitrogens is 4. The predicted molar refractivity (Wildman–Crippen MR) is 82.0 cm³/mol. The molecule has 0 aliphatic carbocycles. The van der Waals surface area contributed by atoms with Gasteiger partial charge in [0.15, 0.2) is 0 Å². The van der Waals surface area contributed by atoms with Crippen molar-refractivity contribution < 1.29 is 13.0 Å². The standard InChI is InChI=1S/C13H18N6O3S/c1-8-11(18-22-17-8)7-14-13-6-10(15-9(2)16-13)12-4-5-19(12)23(3,20)21/h6,12H,4-5,7H2,1-3H3,(H,14,15,16). The van der Waals surface area contributed by atoms with Gasteiger partial charge in [-0.3, -0.25) is 0 Å². The molecule has 1 aliphatic rings. The molecule has 2 aromatic heterocycles. The van der Waals surface area contributed by atoms with Gasteiger partial charge in [-0.05, 0) is 20.3 Å². The fraction of sp³-hybridized carbons (Fsp3) is 0.538. The smallest absolute Gasteiger partial charge is 0.211 e. The van der Waals surface area contributed by atoms with Gasteiger partial charge in [0, 0.05) is 12.6 Å². The second kappa shape index (κ2) is 5.85. The SMILES string of the molecule is Cc1nc(NCc2nonc2C)cc(C2CCN2S(C)(=O)=O)n1. The Balaban J connectivity index is 1.78. The molecule has 124 valence electrons. The third-order valence-corrected chi connectivity index (χ3v) is 5.07. The average Bonchev–Trinajstić information content (AvgIpc) is 2.78. The third kappa shape index (κ3) is 3.32. The van der Waals surface area contributed by atoms with Crippen molar-refractivity contribution in [3.8, 4) is 0 Å². The van der Waals surface area contributed by atoms with E-state index in [0.717, 1.165) is 6.42 Å². The van der Waals surface area contributed by atoms with Crippen LogP contribution in [0, 0.1) is 13.8 Å². The van der Waals surface area contributed by atoms with E-state index in [4.69, 9.17) is 0 Å². The van der Waals surface area contributed by atoms with Crippen molar-refractivity contribution in [1.82, 2.24) is 24.6 Å². The number of nitrogens with one attached hydrogen (secondary N) is 1. The predicted octanol–water partition coefficient (Wildman–Crippen LogP) is 0.795. The summed E-state index contributed by atoms with van der Waals surface area (Å²) in [6.45, 7) is 4.54. The monoisotopic (exact) mass is 338 g/mol. The molecule has 0 radical (unpaired) electrons. The van der Waals surface area contributed by atoms with Gasteiger partial charge in [0.25, 0.3) is 0 Å². The largest absolute Gasteiger partial charge is 0.364 e. The van der Waals surface area contributed by atoms with Crippen LogP contribution < -0.4 is 5.32 Å². The van der Waals surface area contributed by atoms with Crippen molar-refractivity contribution in [2.45, 2.75) is 32.9 Å². The molecule has 10 heteroatoms. The molecule has 23 heavy (non-hydrogen) atoms. The third-order valence-electron chi connectivity index (χ3n) is 3.78. The van der Waals surface area contributed by atoms with Gasteiger partial charge in [0.05, 0.1) is 24.5 Å². The molecule has 2 aromatic rings. The van der Waals surface area contributed by atoms with E-state index >= 15 is 0 Å². The Morgan fingerprint density at radius 2 is 2.13 bits per heavy atom. The Bertz CT molecular complexity index is 819. The van der Waals surface area contributed by atoms with Crippen LogP contribution in [0.3, 0.4) is 0 Å². The van der Waals surface area contributed by atoms with E-state index < -0.39 is 10.0 Å². The Kier molecular flexibility index (Phi) is 4.02. The van der Waals surface area contributed by atoms with Crippen LogP contribution in [0.1, 0.15) is 35.4 Å². The second-order valence-electron chi connectivity index (χ2n) is 5.55. The molecule has 9 nitrogen and oxygen atoms in total. The minimum absolute atomic E-state index is 0.220. The van der Waals surface area contributed by atoms with E-state index in [1.165, 1.54) is 10.6 Å². The first-order valence-electron chi connectivity index (χ1n) is 7.19. The van der Waals surface area contributed by atoms with Crippen LogP contribution in [-0.2, 0) is 16.6 Å². The van der Waals surface area contributed by atoms with Gasteiger partial charge >= 0.3 is 0 Å². The summed E-state index contributed by atoms with van der Waals surface area (Å²) in [5.74, 6) is 1.20. The summed E-state index contributed by atoms with van der Waals surface area (Å²) in [5.41, 5.74) is 2.11. The Labute approximate surface area is 134 Å². The highest BCUT2D eigenvalue weighted by Crippen LogP contribution is 2.34. The number of nitrogens with zero attached hydrogens (tertiary/aromatic N) is 5. The van der Waals surface area contributed by atoms with Gasteiger partial charge < -0.3 is 5.32 Å². The summed E-state index contributed by atoms with van der Waals surface area (Å²) in [5, 5.41) is 10.7. The molecular weight excluding hydrogens is 320 g/mol. The quantitative estimate of drug-likeness (QED) is 0.851. The molecule has 1 unspecified atom stereocenters. The van der Waals surface area contributed by atoms with Gasteiger partial charge in [-0.15, -0.1) is 0 Å². The number of sulfonamides is 1. The molecule has 1 fully saturated rings. The molecule has 1 saturated heterocycles. The fourth-order valence-corrected chi connectivity index (χ4v) is 3.60. The van der Waals surface area contributed by atoms with Crippen LogP contribution >= 0.6 is 0 Å². The Morgan fingerprint density at radius 1 is 1.35 bits per heavy atom. The van der Waals surface area contributed by atoms with Gasteiger partial charge in [0.1, 0.15) is 23.0 Å². The van der Waals surface area contributed by atoms with Gasteiger partial charge in [0.2, 0.25) is 10.0 Å². The summed E-state index contributed by atoms with van der Waals surface area (Å²) in [6, 6.07) is 1.56. The molecule has 0 bridgehead atoms. The zero-order valence-corrected chi connectivity index (χ0v) is 14.0. The topological polar surface area (TPSA) is 114 Å². The van der Waals surface area contributed by atoms with E-state index in [0.29, 0.717) is 41.8 Å². The van der Waals surface area contributed by atoms with Gasteiger partial charge in [-0.25, -0.2) is 23.0 Å². The van der Waals surface area contributed by atoms with E-state index in [-0.39, 0.29) is 6.04 Å². The number of aryl methyl sites for hydroxylation is 2. The van der Waals surface area contributed by atoms with Crippen molar-refractivity contribution in [3.63, 3.8) is 0 Å². The molecule has 1 N–H and O–H groups in total. The zero-order chi connectivity index (χ0) is 16.6. The van der Waals surface area contributed by atoms with Crippen molar-refractivity contribution in [3.05, 3.63) is 29.0 Å². The van der Waals surface area contributed by atoms with E-state index in [1.807, 2.05) is 6.92 Å². The number of rotatable bonds is 5. The number of hydrogen-bond donors (Lipinski definition) is 1. The molecule has 0 saturated carbocycles. The average molecular weight is 338 g/mol. The van der Waals surface area contributed by atoms with Gasteiger partial charge in [-0.1, -0.05) is 10.3 Å². The van der Waals surface area contributed by atoms with Crippen molar-refractivity contribution in [2.24, 2.45) is 0 Å². The molecule has 1 aliphatic heterocycles. The van der Waals surface area contributed by atoms with Crippen LogP contribution in [-0.4, -0.2) is 45.8 Å². The van der Waals surface area contributed by atoms with Crippen LogP contribution in [0.25, 0.3) is 0 Å². The highest BCUT2D eigenvalue weighted by atomic mass is 32.2. The first kappa shape index (κ1) is 15.8. The van der Waals surface area contributed by atoms with Crippen molar-refractivity contribution >= 4 is 15.8 Å². The lowest BCUT2D eigenvalue weighted by atomic mass is 10.0. The summed E-state index contributed by atoms with van der Waals surface area (Å²) in [7, 11) is -3.22. The Morgan fingerprint density at radius 3 is 2.70 bits per heavy atom. The normalized spacial score (nSPS) is 18.7. The Hall–Kier alpha value is -2.07. The maximum absolute atomic E-state index is 11.7. The first-order chi connectivity index (χ1) is 10.8. The lowest BCUT2D eigenvalue weighted by Gasteiger charge is -2.38. The molecule has 3 rings (SSSR count). The molecule has 1 atom stereocenters. The van der Waals surface area contributed by atoms with E-state index in [1.54, 1.807) is 13.0 Å².